The van der Waals surface area contributed by atoms with Crippen LogP contribution in [0.25, 0.3) is 22.0 Å². The van der Waals surface area contributed by atoms with Crippen LogP contribution in [0.2, 0.25) is 0 Å². The van der Waals surface area contributed by atoms with Crippen molar-refractivity contribution >= 4 is 22.9 Å². The molecule has 2 heterocycles. The number of ether oxygens (including phenoxy) is 1. The lowest BCUT2D eigenvalue weighted by molar-refractivity contribution is 0.0950. The lowest BCUT2D eigenvalue weighted by Crippen LogP contribution is -2.17. The van der Waals surface area contributed by atoms with Crippen molar-refractivity contribution in [3.05, 3.63) is 72.3 Å². The monoisotopic (exact) mass is 360 g/mol. The van der Waals surface area contributed by atoms with Gasteiger partial charge < -0.3 is 9.15 Å². The maximum Gasteiger partial charge on any atom is 0.289 e. The van der Waals surface area contributed by atoms with Crippen LogP contribution in [-0.4, -0.2) is 29.4 Å². The molecule has 4 aromatic rings. The van der Waals surface area contributed by atoms with Crippen molar-refractivity contribution in [2.45, 2.75) is 0 Å². The highest BCUT2D eigenvalue weighted by atomic mass is 16.5. The number of nitrogens with zero attached hydrogens (tertiary/aromatic N) is 2. The smallest absolute Gasteiger partial charge is 0.289 e. The molecule has 1 amide bonds. The van der Waals surface area contributed by atoms with Gasteiger partial charge in [-0.15, -0.1) is 0 Å². The third-order valence-electron chi connectivity index (χ3n) is 4.09. The third kappa shape index (κ3) is 3.30. The Balaban J connectivity index is 1.63. The van der Waals surface area contributed by atoms with Crippen molar-refractivity contribution in [3.8, 4) is 17.0 Å². The van der Waals surface area contributed by atoms with Gasteiger partial charge in [0.15, 0.2) is 0 Å². The van der Waals surface area contributed by atoms with Gasteiger partial charge in [-0.3, -0.25) is 9.89 Å². The molecule has 7 nitrogen and oxygen atoms in total. The zero-order valence-corrected chi connectivity index (χ0v) is 14.5. The van der Waals surface area contributed by atoms with Gasteiger partial charge in [0.1, 0.15) is 17.2 Å². The first-order valence-electron chi connectivity index (χ1n) is 8.24. The summed E-state index contributed by atoms with van der Waals surface area (Å²) in [7, 11) is 1.61. The summed E-state index contributed by atoms with van der Waals surface area (Å²) in [6.45, 7) is 0. The summed E-state index contributed by atoms with van der Waals surface area (Å²) in [4.78, 5) is 12.3. The van der Waals surface area contributed by atoms with Crippen molar-refractivity contribution in [2.75, 3.05) is 7.11 Å². The zero-order chi connectivity index (χ0) is 18.6. The number of H-pyrrole nitrogens is 1. The number of hydrazone groups is 1. The number of aromatic nitrogens is 2. The van der Waals surface area contributed by atoms with Gasteiger partial charge >= 0.3 is 0 Å². The summed E-state index contributed by atoms with van der Waals surface area (Å²) >= 11 is 0. The molecule has 0 atom stereocenters. The molecule has 0 saturated heterocycles. The highest BCUT2D eigenvalue weighted by Crippen LogP contribution is 2.36. The first-order valence-corrected chi connectivity index (χ1v) is 8.24. The maximum absolute atomic E-state index is 12.3. The number of hydrogen-bond donors (Lipinski definition) is 2. The molecule has 0 bridgehead atoms. The number of carbonyl (C=O) groups is 1. The van der Waals surface area contributed by atoms with Crippen molar-refractivity contribution in [3.63, 3.8) is 0 Å². The fourth-order valence-electron chi connectivity index (χ4n) is 2.83. The zero-order valence-electron chi connectivity index (χ0n) is 14.5. The van der Waals surface area contributed by atoms with E-state index < -0.39 is 5.91 Å². The van der Waals surface area contributed by atoms with Crippen LogP contribution in [0, 0.1) is 0 Å². The Labute approximate surface area is 154 Å². The minimum atomic E-state index is -0.407. The van der Waals surface area contributed by atoms with Crippen LogP contribution < -0.4 is 10.2 Å². The van der Waals surface area contributed by atoms with Crippen LogP contribution in [0.5, 0.6) is 5.75 Å². The van der Waals surface area contributed by atoms with Gasteiger partial charge in [-0.05, 0) is 35.0 Å². The maximum atomic E-state index is 12.3. The molecule has 0 radical (unpaired) electrons. The fraction of sp³-hybridized carbons (Fsp3) is 0.0500. The van der Waals surface area contributed by atoms with E-state index in [-0.39, 0.29) is 5.69 Å². The second-order valence-corrected chi connectivity index (χ2v) is 5.75. The van der Waals surface area contributed by atoms with Gasteiger partial charge in [0.2, 0.25) is 0 Å². The molecule has 27 heavy (non-hydrogen) atoms. The fourth-order valence-corrected chi connectivity index (χ4v) is 2.83. The van der Waals surface area contributed by atoms with Gasteiger partial charge in [-0.1, -0.05) is 30.3 Å². The topological polar surface area (TPSA) is 92.5 Å². The Morgan fingerprint density at radius 2 is 2.11 bits per heavy atom. The van der Waals surface area contributed by atoms with E-state index in [0.717, 1.165) is 16.3 Å². The van der Waals surface area contributed by atoms with E-state index in [2.05, 4.69) is 20.7 Å². The molecule has 0 spiro atoms. The number of furan rings is 1. The highest BCUT2D eigenvalue weighted by molar-refractivity contribution is 6.00. The van der Waals surface area contributed by atoms with Crippen molar-refractivity contribution in [1.29, 1.82) is 0 Å². The normalized spacial score (nSPS) is 11.1. The van der Waals surface area contributed by atoms with Crippen molar-refractivity contribution in [1.82, 2.24) is 15.6 Å². The lowest BCUT2D eigenvalue weighted by atomic mass is 10.0. The van der Waals surface area contributed by atoms with Crippen LogP contribution in [-0.2, 0) is 0 Å². The molecular weight excluding hydrogens is 344 g/mol. The predicted octanol–water partition coefficient (Wildman–Crippen LogP) is 3.60. The van der Waals surface area contributed by atoms with E-state index in [9.17, 15) is 4.79 Å². The predicted molar refractivity (Wildman–Crippen MR) is 102 cm³/mol. The molecular formula is C20H16N4O3. The Morgan fingerprint density at radius 1 is 1.22 bits per heavy atom. The summed E-state index contributed by atoms with van der Waals surface area (Å²) in [6.07, 6.45) is 2.95. The molecule has 134 valence electrons. The van der Waals surface area contributed by atoms with Gasteiger partial charge in [0, 0.05) is 0 Å². The molecule has 0 aliphatic carbocycles. The molecule has 0 aliphatic heterocycles. The Hall–Kier alpha value is -3.87. The van der Waals surface area contributed by atoms with Crippen LogP contribution in [0.1, 0.15) is 16.2 Å². The van der Waals surface area contributed by atoms with Crippen LogP contribution >= 0.6 is 0 Å². The summed E-state index contributed by atoms with van der Waals surface area (Å²) in [6, 6.07) is 17.0. The summed E-state index contributed by atoms with van der Waals surface area (Å²) in [5.41, 5.74) is 4.16. The summed E-state index contributed by atoms with van der Waals surface area (Å²) in [5.74, 6) is 0.819. The molecule has 2 N–H and O–H groups in total. The lowest BCUT2D eigenvalue weighted by Gasteiger charge is -2.09. The molecule has 2 aromatic carbocycles. The first-order chi connectivity index (χ1) is 13.3. The van der Waals surface area contributed by atoms with Gasteiger partial charge in [-0.2, -0.15) is 10.2 Å². The number of fused-ring (bicyclic) bond motifs is 1. The van der Waals surface area contributed by atoms with Crippen LogP contribution in [0.4, 0.5) is 0 Å². The summed E-state index contributed by atoms with van der Waals surface area (Å²) < 4.78 is 10.6. The average Bonchev–Trinajstić information content (AvgIpc) is 3.39. The number of hydrogen-bond acceptors (Lipinski definition) is 5. The number of methoxy groups -OCH3 is 1. The number of benzene rings is 2. The van der Waals surface area contributed by atoms with E-state index in [0.29, 0.717) is 17.2 Å². The van der Waals surface area contributed by atoms with E-state index in [4.69, 9.17) is 9.15 Å². The third-order valence-corrected chi connectivity index (χ3v) is 4.09. The second-order valence-electron chi connectivity index (χ2n) is 5.75. The van der Waals surface area contributed by atoms with Crippen molar-refractivity contribution < 1.29 is 13.9 Å². The second kappa shape index (κ2) is 7.17. The number of aromatic amines is 1. The van der Waals surface area contributed by atoms with Crippen LogP contribution in [0.15, 0.2) is 70.4 Å². The van der Waals surface area contributed by atoms with Crippen molar-refractivity contribution in [2.24, 2.45) is 5.10 Å². The van der Waals surface area contributed by atoms with Crippen LogP contribution in [0.3, 0.4) is 0 Å². The Bertz CT molecular complexity index is 1110. The van der Waals surface area contributed by atoms with Gasteiger partial charge in [-0.25, -0.2) is 5.43 Å². The Morgan fingerprint density at radius 3 is 2.93 bits per heavy atom. The minimum absolute atomic E-state index is 0.289. The number of amides is 1. The minimum Gasteiger partial charge on any atom is -0.496 e. The van der Waals surface area contributed by atoms with E-state index in [1.807, 2.05) is 36.4 Å². The SMILES string of the molecule is COc1ccc2ccccc2c1-c1cc(C(=O)N/N=C/c2ccco2)[nH]n1. The van der Waals surface area contributed by atoms with Gasteiger partial charge in [0.25, 0.3) is 5.91 Å². The molecule has 0 aliphatic rings. The standard InChI is InChI=1S/C20H16N4O3/c1-26-18-9-8-13-5-2-3-7-15(13)19(18)16-11-17(23-22-16)20(25)24-21-12-14-6-4-10-27-14/h2-12H,1H3,(H,22,23)(H,24,25)/b21-12+. The molecule has 0 fully saturated rings. The largest absolute Gasteiger partial charge is 0.496 e. The van der Waals surface area contributed by atoms with E-state index in [1.54, 1.807) is 25.3 Å². The number of rotatable bonds is 5. The number of nitrogens with one attached hydrogen (secondary N) is 2. The number of carbonyl (C=O) groups excluding carboxylic acids is 1. The van der Waals surface area contributed by atoms with Gasteiger partial charge in [0.05, 0.1) is 30.8 Å². The molecule has 2 aromatic heterocycles. The summed E-state index contributed by atoms with van der Waals surface area (Å²) in [5, 5.41) is 13.0. The average molecular weight is 360 g/mol. The van der Waals surface area contributed by atoms with E-state index >= 15 is 0 Å². The highest BCUT2D eigenvalue weighted by Gasteiger charge is 2.16. The Kier molecular flexibility index (Phi) is 4.40. The molecule has 7 heteroatoms. The van der Waals surface area contributed by atoms with E-state index in [1.165, 1.54) is 12.5 Å². The quantitative estimate of drug-likeness (QED) is 0.420. The molecule has 0 saturated carbocycles. The molecule has 0 unspecified atom stereocenters. The molecule has 4 rings (SSSR count). The first kappa shape index (κ1) is 16.6.